The molecule has 2 N–H and O–H groups in total. The summed E-state index contributed by atoms with van der Waals surface area (Å²) in [6, 6.07) is 7.12. The first-order valence-corrected chi connectivity index (χ1v) is 10.1. The molecule has 29 heavy (non-hydrogen) atoms. The molecule has 0 spiro atoms. The maximum atomic E-state index is 13.3. The van der Waals surface area contributed by atoms with E-state index in [1.165, 1.54) is 17.1 Å². The van der Waals surface area contributed by atoms with Gasteiger partial charge in [0.2, 0.25) is 5.91 Å². The number of hydrogen-bond acceptors (Lipinski definition) is 3. The van der Waals surface area contributed by atoms with Gasteiger partial charge in [-0.1, -0.05) is 43.7 Å². The highest BCUT2D eigenvalue weighted by atomic mass is 35.5. The lowest BCUT2D eigenvalue weighted by Crippen LogP contribution is -2.42. The Morgan fingerprint density at radius 2 is 1.90 bits per heavy atom. The summed E-state index contributed by atoms with van der Waals surface area (Å²) in [5.74, 6) is -0.530. The van der Waals surface area contributed by atoms with Crippen LogP contribution in [0.3, 0.4) is 0 Å². The number of halogens is 1. The SMILES string of the molecule is C/C=C(O)\C=C(/C)C(=O)N(CC(=O)NC(C)C)/C(=C\C(C)C)c1cccc(Cl)c1. The van der Waals surface area contributed by atoms with Crippen LogP contribution in [0.1, 0.15) is 47.1 Å². The Morgan fingerprint density at radius 3 is 2.41 bits per heavy atom. The number of carbonyl (C=O) groups is 2. The highest BCUT2D eigenvalue weighted by Gasteiger charge is 2.24. The summed E-state index contributed by atoms with van der Waals surface area (Å²) in [4.78, 5) is 27.2. The number of carbonyl (C=O) groups excluding carboxylic acids is 2. The average Bonchev–Trinajstić information content (AvgIpc) is 2.62. The van der Waals surface area contributed by atoms with E-state index in [2.05, 4.69) is 5.32 Å². The molecular formula is C23H31ClN2O3. The molecule has 0 unspecified atom stereocenters. The predicted molar refractivity (Wildman–Crippen MR) is 119 cm³/mol. The van der Waals surface area contributed by atoms with Crippen LogP contribution in [-0.4, -0.2) is 34.4 Å². The van der Waals surface area contributed by atoms with E-state index in [1.807, 2.05) is 39.8 Å². The second-order valence-corrected chi connectivity index (χ2v) is 7.90. The average molecular weight is 419 g/mol. The van der Waals surface area contributed by atoms with Crippen molar-refractivity contribution in [2.45, 2.75) is 47.6 Å². The maximum absolute atomic E-state index is 13.3. The largest absolute Gasteiger partial charge is 0.508 e. The van der Waals surface area contributed by atoms with Crippen molar-refractivity contribution in [1.29, 1.82) is 0 Å². The number of rotatable bonds is 8. The van der Waals surface area contributed by atoms with E-state index in [-0.39, 0.29) is 36.1 Å². The second kappa shape index (κ2) is 11.5. The Bertz CT molecular complexity index is 823. The molecule has 1 aromatic carbocycles. The van der Waals surface area contributed by atoms with E-state index in [0.717, 1.165) is 5.56 Å². The van der Waals surface area contributed by atoms with Crippen molar-refractivity contribution in [3.8, 4) is 0 Å². The van der Waals surface area contributed by atoms with E-state index < -0.39 is 0 Å². The fourth-order valence-corrected chi connectivity index (χ4v) is 2.85. The van der Waals surface area contributed by atoms with Gasteiger partial charge in [0, 0.05) is 22.3 Å². The highest BCUT2D eigenvalue weighted by Crippen LogP contribution is 2.26. The molecule has 0 aromatic heterocycles. The van der Waals surface area contributed by atoms with Gasteiger partial charge in [-0.2, -0.15) is 0 Å². The Balaban J connectivity index is 3.50. The topological polar surface area (TPSA) is 69.6 Å². The summed E-state index contributed by atoms with van der Waals surface area (Å²) in [6.07, 6.45) is 4.81. The van der Waals surface area contributed by atoms with Gasteiger partial charge in [0.25, 0.3) is 5.91 Å². The number of amides is 2. The van der Waals surface area contributed by atoms with Crippen molar-refractivity contribution < 1.29 is 14.7 Å². The summed E-state index contributed by atoms with van der Waals surface area (Å²) in [5.41, 5.74) is 1.65. The number of nitrogens with zero attached hydrogens (tertiary/aromatic N) is 1. The fourth-order valence-electron chi connectivity index (χ4n) is 2.66. The summed E-state index contributed by atoms with van der Waals surface area (Å²) in [7, 11) is 0. The van der Waals surface area contributed by atoms with Gasteiger partial charge in [0.15, 0.2) is 0 Å². The van der Waals surface area contributed by atoms with E-state index in [4.69, 9.17) is 11.6 Å². The Hall–Kier alpha value is -2.53. The quantitative estimate of drug-likeness (QED) is 0.350. The van der Waals surface area contributed by atoms with Crippen molar-refractivity contribution in [1.82, 2.24) is 10.2 Å². The van der Waals surface area contributed by atoms with Crippen LogP contribution in [0.25, 0.3) is 5.70 Å². The Kier molecular flexibility index (Phi) is 9.69. The Morgan fingerprint density at radius 1 is 1.24 bits per heavy atom. The van der Waals surface area contributed by atoms with Gasteiger partial charge < -0.3 is 10.4 Å². The molecule has 0 aliphatic heterocycles. The molecule has 0 saturated heterocycles. The molecule has 0 heterocycles. The Labute approximate surface area is 178 Å². The summed E-state index contributed by atoms with van der Waals surface area (Å²) >= 11 is 6.17. The van der Waals surface area contributed by atoms with Crippen LogP contribution < -0.4 is 5.32 Å². The van der Waals surface area contributed by atoms with Crippen molar-refractivity contribution in [3.63, 3.8) is 0 Å². The smallest absolute Gasteiger partial charge is 0.254 e. The van der Waals surface area contributed by atoms with Crippen LogP contribution in [0.15, 0.2) is 53.8 Å². The lowest BCUT2D eigenvalue weighted by atomic mass is 10.0. The summed E-state index contributed by atoms with van der Waals surface area (Å²) < 4.78 is 0. The lowest BCUT2D eigenvalue weighted by molar-refractivity contribution is -0.130. The molecule has 0 bridgehead atoms. The minimum absolute atomic E-state index is 0.0143. The van der Waals surface area contributed by atoms with Crippen LogP contribution in [0.5, 0.6) is 0 Å². The summed E-state index contributed by atoms with van der Waals surface area (Å²) in [6.45, 7) is 10.9. The van der Waals surface area contributed by atoms with E-state index >= 15 is 0 Å². The molecule has 2 amide bonds. The minimum atomic E-state index is -0.371. The van der Waals surface area contributed by atoms with Crippen LogP contribution >= 0.6 is 11.6 Å². The number of allylic oxidation sites excluding steroid dienone is 3. The third-order valence-corrected chi connectivity index (χ3v) is 4.13. The standard InChI is InChI=1S/C23H31ClN2O3/c1-7-20(27)12-17(6)23(29)26(14-22(28)25-16(4)5)21(11-15(2)3)18-9-8-10-19(24)13-18/h7-13,15-16,27H,14H2,1-6H3,(H,25,28)/b17-12+,20-7+,21-11-. The first-order chi connectivity index (χ1) is 13.5. The monoisotopic (exact) mass is 418 g/mol. The number of aliphatic hydroxyl groups excluding tert-OH is 1. The third kappa shape index (κ3) is 8.16. The maximum Gasteiger partial charge on any atom is 0.254 e. The lowest BCUT2D eigenvalue weighted by Gasteiger charge is -2.27. The van der Waals surface area contributed by atoms with Gasteiger partial charge in [-0.25, -0.2) is 0 Å². The first-order valence-electron chi connectivity index (χ1n) is 9.67. The van der Waals surface area contributed by atoms with E-state index in [9.17, 15) is 14.7 Å². The van der Waals surface area contributed by atoms with Gasteiger partial charge in [0.05, 0.1) is 0 Å². The second-order valence-electron chi connectivity index (χ2n) is 7.46. The number of nitrogens with one attached hydrogen (secondary N) is 1. The zero-order chi connectivity index (χ0) is 22.1. The zero-order valence-electron chi connectivity index (χ0n) is 18.0. The van der Waals surface area contributed by atoms with E-state index in [0.29, 0.717) is 16.3 Å². The molecule has 0 atom stereocenters. The van der Waals surface area contributed by atoms with Gasteiger partial charge >= 0.3 is 0 Å². The van der Waals surface area contributed by atoms with Crippen molar-refractivity contribution >= 4 is 29.1 Å². The van der Waals surface area contributed by atoms with Crippen molar-refractivity contribution in [2.24, 2.45) is 5.92 Å². The molecule has 158 valence electrons. The molecule has 0 aliphatic carbocycles. The number of benzene rings is 1. The molecular weight excluding hydrogens is 388 g/mol. The van der Waals surface area contributed by atoms with Gasteiger partial charge in [-0.15, -0.1) is 0 Å². The number of hydrogen-bond donors (Lipinski definition) is 2. The minimum Gasteiger partial charge on any atom is -0.508 e. The molecule has 0 fully saturated rings. The molecule has 5 nitrogen and oxygen atoms in total. The molecule has 1 rings (SSSR count). The van der Waals surface area contributed by atoms with Gasteiger partial charge in [0.1, 0.15) is 12.3 Å². The highest BCUT2D eigenvalue weighted by molar-refractivity contribution is 6.30. The molecule has 1 aromatic rings. The van der Waals surface area contributed by atoms with Crippen molar-refractivity contribution in [3.05, 3.63) is 64.4 Å². The molecule has 0 radical (unpaired) electrons. The van der Waals surface area contributed by atoms with Crippen molar-refractivity contribution in [2.75, 3.05) is 6.54 Å². The predicted octanol–water partition coefficient (Wildman–Crippen LogP) is 5.10. The van der Waals surface area contributed by atoms with Crippen LogP contribution in [0, 0.1) is 5.92 Å². The van der Waals surface area contributed by atoms with Crippen LogP contribution in [0.2, 0.25) is 5.02 Å². The van der Waals surface area contributed by atoms with Crippen LogP contribution in [-0.2, 0) is 9.59 Å². The van der Waals surface area contributed by atoms with E-state index in [1.54, 1.807) is 32.0 Å². The van der Waals surface area contributed by atoms with Gasteiger partial charge in [-0.3, -0.25) is 14.5 Å². The molecule has 0 aliphatic rings. The normalized spacial score (nSPS) is 13.1. The molecule has 6 heteroatoms. The fraction of sp³-hybridized carbons (Fsp3) is 0.391. The van der Waals surface area contributed by atoms with Gasteiger partial charge in [-0.05, 0) is 63.5 Å². The summed E-state index contributed by atoms with van der Waals surface area (Å²) in [5, 5.41) is 13.2. The zero-order valence-corrected chi connectivity index (χ0v) is 18.7. The van der Waals surface area contributed by atoms with Crippen LogP contribution in [0.4, 0.5) is 0 Å². The molecule has 0 saturated carbocycles. The third-order valence-electron chi connectivity index (χ3n) is 3.90. The first kappa shape index (κ1) is 24.5. The number of aliphatic hydroxyl groups is 1.